The van der Waals surface area contributed by atoms with E-state index < -0.39 is 23.2 Å². The molecule has 2 atom stereocenters. The van der Waals surface area contributed by atoms with Crippen molar-refractivity contribution in [1.82, 2.24) is 9.88 Å². The maximum atomic E-state index is 14.3. The van der Waals surface area contributed by atoms with E-state index in [4.69, 9.17) is 10.5 Å². The molecule has 0 saturated carbocycles. The Balaban J connectivity index is 2.01. The summed E-state index contributed by atoms with van der Waals surface area (Å²) in [6.07, 6.45) is 2.69. The van der Waals surface area contributed by atoms with Crippen molar-refractivity contribution in [3.05, 3.63) is 53.9 Å². The maximum Gasteiger partial charge on any atom is 0.315 e. The van der Waals surface area contributed by atoms with E-state index in [1.54, 1.807) is 17.0 Å². The van der Waals surface area contributed by atoms with Gasteiger partial charge in [-0.05, 0) is 30.7 Å². The molecule has 0 aliphatic carbocycles. The highest BCUT2D eigenvalue weighted by Crippen LogP contribution is 2.39. The van der Waals surface area contributed by atoms with Gasteiger partial charge < -0.3 is 20.3 Å². The second-order valence-electron chi connectivity index (χ2n) is 7.24. The van der Waals surface area contributed by atoms with Crippen LogP contribution in [0.1, 0.15) is 25.3 Å². The third-order valence-corrected chi connectivity index (χ3v) is 5.64. The Morgan fingerprint density at radius 1 is 1.32 bits per heavy atom. The fourth-order valence-electron chi connectivity index (χ4n) is 3.90. The number of primary amides is 1. The van der Waals surface area contributed by atoms with Crippen LogP contribution in [0, 0.1) is 11.6 Å². The van der Waals surface area contributed by atoms with Crippen LogP contribution in [0.4, 0.5) is 19.3 Å². The fraction of sp³-hybridized carbons (Fsp3) is 0.400. The third kappa shape index (κ3) is 3.58. The molecule has 8 heteroatoms. The minimum absolute atomic E-state index is 0.294. The zero-order valence-corrected chi connectivity index (χ0v) is 16.2. The number of rotatable bonds is 4. The zero-order valence-electron chi connectivity index (χ0n) is 16.2. The molecule has 2 heterocycles. The summed E-state index contributed by atoms with van der Waals surface area (Å²) >= 11 is 0. The second-order valence-corrected chi connectivity index (χ2v) is 7.24. The summed E-state index contributed by atoms with van der Waals surface area (Å²) < 4.78 is 33.5. The molecule has 0 spiro atoms. The number of pyridine rings is 1. The fourth-order valence-corrected chi connectivity index (χ4v) is 3.90. The number of urea groups is 1. The molecular formula is C20H24F2N4O2. The molecule has 0 bridgehead atoms. The Kier molecular flexibility index (Phi) is 5.40. The molecule has 2 amide bonds. The number of hydrogen-bond acceptors (Lipinski definition) is 4. The van der Waals surface area contributed by atoms with Crippen LogP contribution >= 0.6 is 0 Å². The molecule has 28 heavy (non-hydrogen) atoms. The van der Waals surface area contributed by atoms with Gasteiger partial charge in [-0.15, -0.1) is 0 Å². The number of carbonyl (C=O) groups excluding carboxylic acids is 1. The number of ether oxygens (including phenoxy) is 1. The average Bonchev–Trinajstić information content (AvgIpc) is 2.66. The minimum atomic E-state index is -0.793. The number of carbonyl (C=O) groups is 1. The van der Waals surface area contributed by atoms with Crippen molar-refractivity contribution in [3.63, 3.8) is 0 Å². The van der Waals surface area contributed by atoms with E-state index in [2.05, 4.69) is 4.98 Å². The normalized spacial score (nSPS) is 20.8. The van der Waals surface area contributed by atoms with E-state index in [9.17, 15) is 13.6 Å². The average molecular weight is 390 g/mol. The van der Waals surface area contributed by atoms with Crippen molar-refractivity contribution >= 4 is 11.7 Å². The Bertz CT molecular complexity index is 879. The summed E-state index contributed by atoms with van der Waals surface area (Å²) in [7, 11) is 1.47. The molecule has 150 valence electrons. The minimum Gasteiger partial charge on any atom is -0.497 e. The van der Waals surface area contributed by atoms with Crippen molar-refractivity contribution in [1.29, 1.82) is 0 Å². The first-order valence-corrected chi connectivity index (χ1v) is 9.02. The van der Waals surface area contributed by atoms with Gasteiger partial charge in [0.05, 0.1) is 24.5 Å². The smallest absolute Gasteiger partial charge is 0.315 e. The number of aromatic nitrogens is 1. The molecule has 1 aliphatic heterocycles. The van der Waals surface area contributed by atoms with Gasteiger partial charge in [-0.2, -0.15) is 0 Å². The number of halogens is 2. The Hall–Kier alpha value is -2.90. The van der Waals surface area contributed by atoms with Crippen LogP contribution in [0.15, 0.2) is 36.7 Å². The molecule has 1 saturated heterocycles. The van der Waals surface area contributed by atoms with E-state index >= 15 is 0 Å². The summed E-state index contributed by atoms with van der Waals surface area (Å²) in [6.45, 7) is 4.86. The summed E-state index contributed by atoms with van der Waals surface area (Å²) in [5, 5.41) is 0. The van der Waals surface area contributed by atoms with Gasteiger partial charge >= 0.3 is 6.03 Å². The van der Waals surface area contributed by atoms with Crippen LogP contribution in [-0.2, 0) is 0 Å². The molecule has 6 nitrogen and oxygen atoms in total. The van der Waals surface area contributed by atoms with Crippen LogP contribution in [0.2, 0.25) is 0 Å². The Morgan fingerprint density at radius 3 is 2.71 bits per heavy atom. The van der Waals surface area contributed by atoms with E-state index in [0.29, 0.717) is 36.6 Å². The number of amides is 2. The highest BCUT2D eigenvalue weighted by Gasteiger charge is 2.45. The van der Waals surface area contributed by atoms with E-state index in [0.717, 1.165) is 6.20 Å². The van der Waals surface area contributed by atoms with Crippen LogP contribution in [-0.4, -0.2) is 48.2 Å². The monoisotopic (exact) mass is 390 g/mol. The Labute approximate surface area is 162 Å². The van der Waals surface area contributed by atoms with E-state index in [1.807, 2.05) is 18.7 Å². The van der Waals surface area contributed by atoms with Crippen LogP contribution in [0.3, 0.4) is 0 Å². The van der Waals surface area contributed by atoms with Crippen molar-refractivity contribution in [2.75, 3.05) is 31.6 Å². The van der Waals surface area contributed by atoms with Crippen molar-refractivity contribution in [2.24, 2.45) is 5.73 Å². The van der Waals surface area contributed by atoms with Gasteiger partial charge in [0.1, 0.15) is 11.6 Å². The molecule has 1 fully saturated rings. The standard InChI is InChI=1S/C20H24F2N4O2/c1-13(14-8-15(21)10-16(9-14)28-3)20(2)12-25(6-7-26(20)19(23)27)18-4-5-24-11-17(18)22/h4-5,8-11,13H,6-7,12H2,1-3H3,(H2,23,27)/t13-,20?/m1/s1. The number of nitrogens with zero attached hydrogens (tertiary/aromatic N) is 3. The topological polar surface area (TPSA) is 71.7 Å². The summed E-state index contributed by atoms with van der Waals surface area (Å²) in [5.41, 5.74) is 5.93. The summed E-state index contributed by atoms with van der Waals surface area (Å²) in [5.74, 6) is -0.762. The van der Waals surface area contributed by atoms with Gasteiger partial charge in [-0.1, -0.05) is 6.92 Å². The van der Waals surface area contributed by atoms with Gasteiger partial charge in [0.25, 0.3) is 0 Å². The highest BCUT2D eigenvalue weighted by molar-refractivity contribution is 5.74. The number of hydrogen-bond donors (Lipinski definition) is 1. The van der Waals surface area contributed by atoms with Crippen molar-refractivity contribution in [3.8, 4) is 5.75 Å². The van der Waals surface area contributed by atoms with E-state index in [-0.39, 0.29) is 5.92 Å². The SMILES string of the molecule is COc1cc(F)cc([C@@H](C)C2(C)CN(c3ccncc3F)CCN2C(N)=O)c1. The quantitative estimate of drug-likeness (QED) is 0.871. The first kappa shape index (κ1) is 19.9. The van der Waals surface area contributed by atoms with Gasteiger partial charge in [0, 0.05) is 37.8 Å². The van der Waals surface area contributed by atoms with Crippen LogP contribution < -0.4 is 15.4 Å². The molecule has 1 aliphatic rings. The van der Waals surface area contributed by atoms with Crippen LogP contribution in [0.5, 0.6) is 5.75 Å². The predicted molar refractivity (Wildman–Crippen MR) is 102 cm³/mol. The lowest BCUT2D eigenvalue weighted by molar-refractivity contribution is 0.0995. The molecule has 1 aromatic heterocycles. The Morgan fingerprint density at radius 2 is 2.07 bits per heavy atom. The van der Waals surface area contributed by atoms with Crippen molar-refractivity contribution in [2.45, 2.75) is 25.3 Å². The molecule has 3 rings (SSSR count). The first-order chi connectivity index (χ1) is 13.3. The molecule has 1 unspecified atom stereocenters. The van der Waals surface area contributed by atoms with Gasteiger partial charge in [-0.25, -0.2) is 13.6 Å². The predicted octanol–water partition coefficient (Wildman–Crippen LogP) is 3.13. The molecular weight excluding hydrogens is 366 g/mol. The number of nitrogens with two attached hydrogens (primary N) is 1. The first-order valence-electron chi connectivity index (χ1n) is 9.02. The highest BCUT2D eigenvalue weighted by atomic mass is 19.1. The molecule has 2 N–H and O–H groups in total. The van der Waals surface area contributed by atoms with Crippen LogP contribution in [0.25, 0.3) is 0 Å². The number of anilines is 1. The van der Waals surface area contributed by atoms with Gasteiger partial charge in [0.15, 0.2) is 5.82 Å². The lowest BCUT2D eigenvalue weighted by Crippen LogP contribution is -2.66. The molecule has 1 aromatic carbocycles. The lowest BCUT2D eigenvalue weighted by Gasteiger charge is -2.52. The van der Waals surface area contributed by atoms with Gasteiger partial charge in [0.2, 0.25) is 0 Å². The largest absolute Gasteiger partial charge is 0.497 e. The zero-order chi connectivity index (χ0) is 20.5. The third-order valence-electron chi connectivity index (χ3n) is 5.64. The summed E-state index contributed by atoms with van der Waals surface area (Å²) in [6, 6.07) is 5.50. The summed E-state index contributed by atoms with van der Waals surface area (Å²) in [4.78, 5) is 19.4. The number of piperazine rings is 1. The molecule has 2 aromatic rings. The van der Waals surface area contributed by atoms with Gasteiger partial charge in [-0.3, -0.25) is 4.98 Å². The maximum absolute atomic E-state index is 14.3. The lowest BCUT2D eigenvalue weighted by atomic mass is 9.78. The number of methoxy groups -OCH3 is 1. The molecule has 0 radical (unpaired) electrons. The second kappa shape index (κ2) is 7.61. The van der Waals surface area contributed by atoms with E-state index in [1.165, 1.54) is 25.4 Å². The van der Waals surface area contributed by atoms with Crippen molar-refractivity contribution < 1.29 is 18.3 Å². The number of benzene rings is 1.